The average Bonchev–Trinajstić information content (AvgIpc) is 2.36. The van der Waals surface area contributed by atoms with E-state index in [-0.39, 0.29) is 11.9 Å². The van der Waals surface area contributed by atoms with Crippen LogP contribution in [0.2, 0.25) is 0 Å². The lowest BCUT2D eigenvalue weighted by molar-refractivity contribution is 0.0925. The van der Waals surface area contributed by atoms with Gasteiger partial charge in [0.1, 0.15) is 5.75 Å². The molecule has 0 aromatic heterocycles. The first-order valence-electron chi connectivity index (χ1n) is 5.90. The maximum Gasteiger partial charge on any atom is 0.265 e. The number of carbonyl (C=O) groups is 1. The van der Waals surface area contributed by atoms with Crippen molar-refractivity contribution in [2.45, 2.75) is 26.3 Å². The van der Waals surface area contributed by atoms with Crippen LogP contribution < -0.4 is 15.6 Å². The number of nitrogens with one attached hydrogen (secondary N) is 2. The molecule has 2 N–H and O–H groups in total. The summed E-state index contributed by atoms with van der Waals surface area (Å²) in [7, 11) is 1.59. The van der Waals surface area contributed by atoms with Gasteiger partial charge in [0.15, 0.2) is 0 Å². The molecule has 1 rings (SSSR count). The highest BCUT2D eigenvalue weighted by Crippen LogP contribution is 2.20. The van der Waals surface area contributed by atoms with Crippen molar-refractivity contribution in [2.24, 2.45) is 0 Å². The van der Waals surface area contributed by atoms with E-state index in [1.54, 1.807) is 25.3 Å². The van der Waals surface area contributed by atoms with Crippen LogP contribution in [-0.4, -0.2) is 19.1 Å². The summed E-state index contributed by atoms with van der Waals surface area (Å²) < 4.78 is 5.19. The van der Waals surface area contributed by atoms with Crippen LogP contribution in [0.1, 0.15) is 29.3 Å². The van der Waals surface area contributed by atoms with Gasteiger partial charge in [-0.3, -0.25) is 10.2 Å². The Kier molecular flexibility index (Phi) is 5.39. The molecule has 0 heterocycles. The van der Waals surface area contributed by atoms with Gasteiger partial charge in [-0.25, -0.2) is 5.43 Å². The van der Waals surface area contributed by atoms with E-state index in [1.807, 2.05) is 19.9 Å². The van der Waals surface area contributed by atoms with E-state index in [9.17, 15) is 4.79 Å². The van der Waals surface area contributed by atoms with Gasteiger partial charge in [-0.15, -0.1) is 6.58 Å². The highest BCUT2D eigenvalue weighted by molar-refractivity contribution is 5.95. The van der Waals surface area contributed by atoms with E-state index in [2.05, 4.69) is 17.4 Å². The Bertz CT molecular complexity index is 430. The molecule has 4 nitrogen and oxygen atoms in total. The molecular formula is C14H20N2O2. The van der Waals surface area contributed by atoms with Crippen molar-refractivity contribution in [3.05, 3.63) is 42.0 Å². The van der Waals surface area contributed by atoms with Crippen LogP contribution in [0.5, 0.6) is 5.75 Å². The van der Waals surface area contributed by atoms with E-state index in [4.69, 9.17) is 4.74 Å². The lowest BCUT2D eigenvalue weighted by Gasteiger charge is -2.14. The molecule has 98 valence electrons. The smallest absolute Gasteiger partial charge is 0.265 e. The number of methoxy groups -OCH3 is 1. The molecule has 18 heavy (non-hydrogen) atoms. The third-order valence-electron chi connectivity index (χ3n) is 2.70. The molecule has 0 aliphatic heterocycles. The Labute approximate surface area is 108 Å². The number of benzene rings is 1. The Balaban J connectivity index is 2.70. The van der Waals surface area contributed by atoms with Crippen molar-refractivity contribution >= 4 is 5.91 Å². The number of hydrogen-bond donors (Lipinski definition) is 2. The van der Waals surface area contributed by atoms with Gasteiger partial charge in [0.25, 0.3) is 5.91 Å². The Hall–Kier alpha value is -1.81. The van der Waals surface area contributed by atoms with Gasteiger partial charge in [0.2, 0.25) is 0 Å². The fourth-order valence-electron chi connectivity index (χ4n) is 1.65. The number of hydrogen-bond acceptors (Lipinski definition) is 3. The third kappa shape index (κ3) is 3.60. The molecule has 0 fully saturated rings. The van der Waals surface area contributed by atoms with Crippen LogP contribution in [0.15, 0.2) is 30.9 Å². The first-order chi connectivity index (χ1) is 8.60. The van der Waals surface area contributed by atoms with Gasteiger partial charge in [-0.1, -0.05) is 12.1 Å². The van der Waals surface area contributed by atoms with Crippen LogP contribution >= 0.6 is 0 Å². The zero-order valence-electron chi connectivity index (χ0n) is 11.1. The second-order valence-corrected chi connectivity index (χ2v) is 4.16. The fraction of sp³-hybridized carbons (Fsp3) is 0.357. The molecule has 1 aromatic rings. The second kappa shape index (κ2) is 6.81. The maximum atomic E-state index is 12.0. The maximum absolute atomic E-state index is 12.0. The number of amides is 1. The topological polar surface area (TPSA) is 50.4 Å². The Morgan fingerprint density at radius 1 is 1.56 bits per heavy atom. The van der Waals surface area contributed by atoms with Crippen LogP contribution in [0.25, 0.3) is 0 Å². The zero-order chi connectivity index (χ0) is 13.5. The lowest BCUT2D eigenvalue weighted by atomic mass is 10.1. The van der Waals surface area contributed by atoms with Crippen molar-refractivity contribution in [2.75, 3.05) is 7.11 Å². The van der Waals surface area contributed by atoms with Crippen LogP contribution in [0.4, 0.5) is 0 Å². The number of carbonyl (C=O) groups excluding carboxylic acids is 1. The standard InChI is InChI=1S/C14H20N2O2/c1-5-7-10(2)15-16-14(17)12-8-6-9-13(18-4)11(12)3/h5-6,8-10,15H,1,7H2,2-4H3,(H,16,17)/t10-/m0/s1. The lowest BCUT2D eigenvalue weighted by Crippen LogP contribution is -2.43. The third-order valence-corrected chi connectivity index (χ3v) is 2.70. The number of hydrazine groups is 1. The first kappa shape index (κ1) is 14.3. The normalized spacial score (nSPS) is 11.7. The zero-order valence-corrected chi connectivity index (χ0v) is 11.1. The highest BCUT2D eigenvalue weighted by atomic mass is 16.5. The van der Waals surface area contributed by atoms with E-state index in [0.29, 0.717) is 11.3 Å². The predicted molar refractivity (Wildman–Crippen MR) is 72.6 cm³/mol. The van der Waals surface area contributed by atoms with E-state index >= 15 is 0 Å². The fourth-order valence-corrected chi connectivity index (χ4v) is 1.65. The van der Waals surface area contributed by atoms with Crippen LogP contribution in [-0.2, 0) is 0 Å². The van der Waals surface area contributed by atoms with E-state index < -0.39 is 0 Å². The Morgan fingerprint density at radius 2 is 2.28 bits per heavy atom. The molecule has 0 unspecified atom stereocenters. The molecular weight excluding hydrogens is 228 g/mol. The SMILES string of the molecule is C=CC[C@H](C)NNC(=O)c1cccc(OC)c1C. The summed E-state index contributed by atoms with van der Waals surface area (Å²) in [6, 6.07) is 5.55. The summed E-state index contributed by atoms with van der Waals surface area (Å²) in [5.74, 6) is 0.545. The molecule has 0 aliphatic rings. The summed E-state index contributed by atoms with van der Waals surface area (Å²) in [5, 5.41) is 0. The van der Waals surface area contributed by atoms with Crippen molar-refractivity contribution in [1.29, 1.82) is 0 Å². The summed E-state index contributed by atoms with van der Waals surface area (Å²) in [6.45, 7) is 7.49. The molecule has 1 amide bonds. The van der Waals surface area contributed by atoms with Crippen molar-refractivity contribution < 1.29 is 9.53 Å². The van der Waals surface area contributed by atoms with Crippen molar-refractivity contribution in [1.82, 2.24) is 10.9 Å². The Morgan fingerprint density at radius 3 is 2.89 bits per heavy atom. The van der Waals surface area contributed by atoms with Gasteiger partial charge in [-0.2, -0.15) is 0 Å². The minimum absolute atomic E-state index is 0.150. The van der Waals surface area contributed by atoms with E-state index in [0.717, 1.165) is 12.0 Å². The minimum atomic E-state index is -0.165. The molecule has 0 spiro atoms. The number of rotatable bonds is 6. The minimum Gasteiger partial charge on any atom is -0.496 e. The van der Waals surface area contributed by atoms with Gasteiger partial charge < -0.3 is 4.74 Å². The van der Waals surface area contributed by atoms with Crippen molar-refractivity contribution in [3.8, 4) is 5.75 Å². The molecule has 0 radical (unpaired) electrons. The molecule has 1 atom stereocenters. The van der Waals surface area contributed by atoms with Gasteiger partial charge in [-0.05, 0) is 32.4 Å². The largest absolute Gasteiger partial charge is 0.496 e. The average molecular weight is 248 g/mol. The van der Waals surface area contributed by atoms with Crippen LogP contribution in [0.3, 0.4) is 0 Å². The first-order valence-corrected chi connectivity index (χ1v) is 5.90. The van der Waals surface area contributed by atoms with Gasteiger partial charge in [0, 0.05) is 17.2 Å². The van der Waals surface area contributed by atoms with Gasteiger partial charge >= 0.3 is 0 Å². The predicted octanol–water partition coefficient (Wildman–Crippen LogP) is 2.20. The monoisotopic (exact) mass is 248 g/mol. The molecule has 1 aromatic carbocycles. The number of ether oxygens (including phenoxy) is 1. The van der Waals surface area contributed by atoms with Crippen LogP contribution in [0, 0.1) is 6.92 Å². The molecule has 0 bridgehead atoms. The van der Waals surface area contributed by atoms with Gasteiger partial charge in [0.05, 0.1) is 7.11 Å². The van der Waals surface area contributed by atoms with E-state index in [1.165, 1.54) is 0 Å². The molecule has 0 saturated carbocycles. The highest BCUT2D eigenvalue weighted by Gasteiger charge is 2.12. The van der Waals surface area contributed by atoms with Crippen molar-refractivity contribution in [3.63, 3.8) is 0 Å². The summed E-state index contributed by atoms with van der Waals surface area (Å²) in [5.41, 5.74) is 7.05. The molecule has 0 aliphatic carbocycles. The molecule has 0 saturated heterocycles. The molecule has 4 heteroatoms. The summed E-state index contributed by atoms with van der Waals surface area (Å²) >= 11 is 0. The summed E-state index contributed by atoms with van der Waals surface area (Å²) in [4.78, 5) is 12.0. The second-order valence-electron chi connectivity index (χ2n) is 4.16. The summed E-state index contributed by atoms with van der Waals surface area (Å²) in [6.07, 6.45) is 2.60. The quantitative estimate of drug-likeness (QED) is 0.599.